The molecule has 130 valence electrons. The first kappa shape index (κ1) is 16.0. The summed E-state index contributed by atoms with van der Waals surface area (Å²) in [6.45, 7) is 3.07. The first-order valence-corrected chi connectivity index (χ1v) is 8.78. The second kappa shape index (κ2) is 5.81. The van der Waals surface area contributed by atoms with Gasteiger partial charge < -0.3 is 19.7 Å². The number of hydrogen-bond donors (Lipinski definition) is 2. The van der Waals surface area contributed by atoms with Crippen LogP contribution in [0.3, 0.4) is 0 Å². The third-order valence-electron chi connectivity index (χ3n) is 5.47. The Balaban J connectivity index is 2.01. The van der Waals surface area contributed by atoms with E-state index in [-0.39, 0.29) is 0 Å². The Morgan fingerprint density at radius 1 is 1.04 bits per heavy atom. The molecule has 3 aromatic rings. The van der Waals surface area contributed by atoms with E-state index in [1.54, 1.807) is 12.1 Å². The molecule has 0 radical (unpaired) electrons. The van der Waals surface area contributed by atoms with Crippen LogP contribution in [0.25, 0.3) is 22.2 Å². The van der Waals surface area contributed by atoms with Crippen LogP contribution in [-0.2, 0) is 19.4 Å². The number of phenolic OH excluding ortho intramolecular Hbond substituents is 2. The first-order chi connectivity index (χ1) is 12.0. The van der Waals surface area contributed by atoms with Crippen molar-refractivity contribution >= 4 is 10.9 Å². The SMILES string of the molecule is CC(Cn1c2c(c3cc(O)ccc31)CCc1ccc(O)cc1-2)N(C)C. The minimum atomic E-state index is 0.298. The molecule has 0 spiro atoms. The maximum atomic E-state index is 10.0. The van der Waals surface area contributed by atoms with E-state index in [4.69, 9.17) is 0 Å². The molecule has 4 rings (SSSR count). The highest BCUT2D eigenvalue weighted by Gasteiger charge is 2.25. The van der Waals surface area contributed by atoms with Crippen molar-refractivity contribution < 1.29 is 10.2 Å². The molecule has 4 heteroatoms. The van der Waals surface area contributed by atoms with Gasteiger partial charge in [-0.25, -0.2) is 0 Å². The minimum absolute atomic E-state index is 0.298. The number of nitrogens with zero attached hydrogens (tertiary/aromatic N) is 2. The summed E-state index contributed by atoms with van der Waals surface area (Å²) in [5.74, 6) is 0.599. The van der Waals surface area contributed by atoms with Gasteiger partial charge in [0.05, 0.1) is 5.69 Å². The van der Waals surface area contributed by atoms with Crippen LogP contribution >= 0.6 is 0 Å². The number of aromatic nitrogens is 1. The van der Waals surface area contributed by atoms with Crippen LogP contribution in [0.4, 0.5) is 0 Å². The van der Waals surface area contributed by atoms with Gasteiger partial charge in [-0.15, -0.1) is 0 Å². The fraction of sp³-hybridized carbons (Fsp3) is 0.333. The molecule has 0 amide bonds. The Morgan fingerprint density at radius 3 is 2.52 bits per heavy atom. The van der Waals surface area contributed by atoms with Gasteiger partial charge >= 0.3 is 0 Å². The van der Waals surface area contributed by atoms with Crippen LogP contribution in [0.2, 0.25) is 0 Å². The third-order valence-corrected chi connectivity index (χ3v) is 5.47. The third kappa shape index (κ3) is 2.57. The van der Waals surface area contributed by atoms with Crippen LogP contribution in [-0.4, -0.2) is 39.8 Å². The molecule has 0 fully saturated rings. The summed E-state index contributed by atoms with van der Waals surface area (Å²) in [6.07, 6.45) is 1.91. The summed E-state index contributed by atoms with van der Waals surface area (Å²) >= 11 is 0. The Hall–Kier alpha value is -2.46. The molecule has 1 aliphatic carbocycles. The highest BCUT2D eigenvalue weighted by Crippen LogP contribution is 2.42. The van der Waals surface area contributed by atoms with Gasteiger partial charge in [-0.05, 0) is 75.3 Å². The Labute approximate surface area is 147 Å². The van der Waals surface area contributed by atoms with E-state index in [1.807, 2.05) is 24.3 Å². The second-order valence-electron chi connectivity index (χ2n) is 7.29. The van der Waals surface area contributed by atoms with Gasteiger partial charge in [0.15, 0.2) is 0 Å². The van der Waals surface area contributed by atoms with E-state index in [0.717, 1.165) is 35.9 Å². The van der Waals surface area contributed by atoms with Crippen molar-refractivity contribution in [1.29, 1.82) is 0 Å². The zero-order chi connectivity index (χ0) is 17.7. The molecular weight excluding hydrogens is 312 g/mol. The number of rotatable bonds is 3. The van der Waals surface area contributed by atoms with Gasteiger partial charge in [0.2, 0.25) is 0 Å². The average molecular weight is 336 g/mol. The fourth-order valence-corrected chi connectivity index (χ4v) is 3.85. The predicted octanol–water partition coefficient (Wildman–Crippen LogP) is 3.77. The van der Waals surface area contributed by atoms with Gasteiger partial charge in [0.1, 0.15) is 11.5 Å². The van der Waals surface area contributed by atoms with Gasteiger partial charge in [-0.2, -0.15) is 0 Å². The first-order valence-electron chi connectivity index (χ1n) is 8.78. The summed E-state index contributed by atoms with van der Waals surface area (Å²) in [4.78, 5) is 2.21. The highest BCUT2D eigenvalue weighted by atomic mass is 16.3. The van der Waals surface area contributed by atoms with Gasteiger partial charge in [0.25, 0.3) is 0 Å². The maximum absolute atomic E-state index is 10.0. The summed E-state index contributed by atoms with van der Waals surface area (Å²) in [5.41, 5.74) is 5.99. The molecule has 0 aliphatic heterocycles. The Kier molecular flexibility index (Phi) is 3.73. The van der Waals surface area contributed by atoms with Crippen LogP contribution in [0.15, 0.2) is 36.4 Å². The number of fused-ring (bicyclic) bond motifs is 5. The van der Waals surface area contributed by atoms with E-state index in [1.165, 1.54) is 16.8 Å². The molecule has 0 bridgehead atoms. The Bertz CT molecular complexity index is 956. The van der Waals surface area contributed by atoms with Crippen LogP contribution in [0.5, 0.6) is 11.5 Å². The minimum Gasteiger partial charge on any atom is -0.508 e. The lowest BCUT2D eigenvalue weighted by atomic mass is 9.88. The summed E-state index contributed by atoms with van der Waals surface area (Å²) in [7, 11) is 4.18. The molecule has 2 N–H and O–H groups in total. The lowest BCUT2D eigenvalue weighted by Crippen LogP contribution is -2.29. The van der Waals surface area contributed by atoms with Gasteiger partial charge in [0, 0.05) is 29.1 Å². The number of aryl methyl sites for hydroxylation is 2. The van der Waals surface area contributed by atoms with E-state index in [2.05, 4.69) is 30.5 Å². The van der Waals surface area contributed by atoms with E-state index in [0.29, 0.717) is 17.5 Å². The molecule has 1 heterocycles. The second-order valence-corrected chi connectivity index (χ2v) is 7.29. The lowest BCUT2D eigenvalue weighted by Gasteiger charge is -2.25. The molecular formula is C21H24N2O2. The number of phenols is 2. The lowest BCUT2D eigenvalue weighted by molar-refractivity contribution is 0.287. The molecule has 25 heavy (non-hydrogen) atoms. The summed E-state index contributed by atoms with van der Waals surface area (Å²) < 4.78 is 2.35. The van der Waals surface area contributed by atoms with Crippen molar-refractivity contribution in [1.82, 2.24) is 9.47 Å². The number of aromatic hydroxyl groups is 2. The van der Waals surface area contributed by atoms with Crippen molar-refractivity contribution in [3.8, 4) is 22.8 Å². The topological polar surface area (TPSA) is 48.6 Å². The molecule has 1 aliphatic rings. The van der Waals surface area contributed by atoms with E-state index < -0.39 is 0 Å². The number of likely N-dealkylation sites (N-methyl/N-ethyl adjacent to an activating group) is 1. The standard InChI is InChI=1S/C21H24N2O2/c1-13(22(2)3)12-23-20-9-7-16(25)11-19(20)17-8-5-14-4-6-15(24)10-18(14)21(17)23/h4,6-7,9-11,13,24-25H,5,8,12H2,1-3H3. The fourth-order valence-electron chi connectivity index (χ4n) is 3.85. The van der Waals surface area contributed by atoms with Crippen molar-refractivity contribution in [2.75, 3.05) is 14.1 Å². The smallest absolute Gasteiger partial charge is 0.116 e. The molecule has 1 aromatic heterocycles. The monoisotopic (exact) mass is 336 g/mol. The predicted molar refractivity (Wildman–Crippen MR) is 101 cm³/mol. The van der Waals surface area contributed by atoms with E-state index in [9.17, 15) is 10.2 Å². The average Bonchev–Trinajstić information content (AvgIpc) is 2.88. The quantitative estimate of drug-likeness (QED) is 0.765. The summed E-state index contributed by atoms with van der Waals surface area (Å²) in [6, 6.07) is 11.7. The zero-order valence-corrected chi connectivity index (χ0v) is 15.0. The van der Waals surface area contributed by atoms with Crippen LogP contribution in [0, 0.1) is 0 Å². The molecule has 0 saturated heterocycles. The molecule has 1 atom stereocenters. The van der Waals surface area contributed by atoms with E-state index >= 15 is 0 Å². The Morgan fingerprint density at radius 2 is 1.76 bits per heavy atom. The molecule has 0 saturated carbocycles. The molecule has 1 unspecified atom stereocenters. The zero-order valence-electron chi connectivity index (χ0n) is 15.0. The number of hydrogen-bond acceptors (Lipinski definition) is 3. The maximum Gasteiger partial charge on any atom is 0.116 e. The van der Waals surface area contributed by atoms with Crippen LogP contribution < -0.4 is 0 Å². The van der Waals surface area contributed by atoms with Gasteiger partial charge in [-0.3, -0.25) is 0 Å². The van der Waals surface area contributed by atoms with Crippen molar-refractivity contribution in [2.24, 2.45) is 0 Å². The van der Waals surface area contributed by atoms with Crippen molar-refractivity contribution in [2.45, 2.75) is 32.4 Å². The number of benzene rings is 2. The van der Waals surface area contributed by atoms with Gasteiger partial charge in [-0.1, -0.05) is 6.07 Å². The normalized spacial score (nSPS) is 14.6. The summed E-state index contributed by atoms with van der Waals surface area (Å²) in [5, 5.41) is 21.1. The largest absolute Gasteiger partial charge is 0.508 e. The van der Waals surface area contributed by atoms with Crippen molar-refractivity contribution in [3.05, 3.63) is 47.5 Å². The highest BCUT2D eigenvalue weighted by molar-refractivity contribution is 5.94. The molecule has 4 nitrogen and oxygen atoms in total. The van der Waals surface area contributed by atoms with Crippen LogP contribution in [0.1, 0.15) is 18.1 Å². The van der Waals surface area contributed by atoms with Crippen molar-refractivity contribution in [3.63, 3.8) is 0 Å². The molecule has 2 aromatic carbocycles.